The molecule has 1 fully saturated rings. The van der Waals surface area contributed by atoms with E-state index in [1.165, 1.54) is 12.8 Å². The van der Waals surface area contributed by atoms with Crippen LogP contribution in [-0.4, -0.2) is 24.9 Å². The van der Waals surface area contributed by atoms with Gasteiger partial charge in [0.1, 0.15) is 5.82 Å². The molecule has 25 heavy (non-hydrogen) atoms. The van der Waals surface area contributed by atoms with E-state index >= 15 is 0 Å². The lowest BCUT2D eigenvalue weighted by molar-refractivity contribution is 0.319. The Morgan fingerprint density at radius 1 is 1.16 bits per heavy atom. The molecule has 0 amide bonds. The first-order valence-corrected chi connectivity index (χ1v) is 9.47. The van der Waals surface area contributed by atoms with Gasteiger partial charge in [0.05, 0.1) is 5.75 Å². The molecule has 1 aliphatic rings. The third-order valence-electron chi connectivity index (χ3n) is 4.06. The van der Waals surface area contributed by atoms with Crippen molar-refractivity contribution in [3.8, 4) is 5.69 Å². The van der Waals surface area contributed by atoms with Crippen molar-refractivity contribution in [3.05, 3.63) is 47.9 Å². The number of rotatable bonds is 5. The zero-order valence-corrected chi connectivity index (χ0v) is 15.5. The molecule has 3 aromatic rings. The second kappa shape index (κ2) is 6.29. The second-order valence-corrected chi connectivity index (χ2v) is 8.28. The highest BCUT2D eigenvalue weighted by atomic mass is 32.2. The van der Waals surface area contributed by atoms with Crippen LogP contribution in [0.2, 0.25) is 0 Å². The van der Waals surface area contributed by atoms with Crippen LogP contribution in [0, 0.1) is 0 Å². The maximum absolute atomic E-state index is 5.37. The number of hydrogen-bond donors (Lipinski definition) is 0. The summed E-state index contributed by atoms with van der Waals surface area (Å²) in [5.41, 5.74) is 0.958. The third-order valence-corrected chi connectivity index (χ3v) is 4.98. The molecule has 4 rings (SSSR count). The van der Waals surface area contributed by atoms with Gasteiger partial charge in [0.2, 0.25) is 5.89 Å². The minimum atomic E-state index is -0.140. The Labute approximate surface area is 151 Å². The molecule has 130 valence electrons. The summed E-state index contributed by atoms with van der Waals surface area (Å²) < 4.78 is 7.53. The molecular formula is C18H21N5OS. The first-order valence-electron chi connectivity index (χ1n) is 8.49. The lowest BCUT2D eigenvalue weighted by Gasteiger charge is -2.10. The average Bonchev–Trinajstić information content (AvgIpc) is 3.16. The van der Waals surface area contributed by atoms with Gasteiger partial charge in [0, 0.05) is 17.0 Å². The number of para-hydroxylation sites is 1. The van der Waals surface area contributed by atoms with Gasteiger partial charge in [-0.2, -0.15) is 4.98 Å². The van der Waals surface area contributed by atoms with Crippen molar-refractivity contribution in [2.75, 3.05) is 0 Å². The molecule has 0 unspecified atom stereocenters. The monoisotopic (exact) mass is 355 g/mol. The SMILES string of the molecule is CC(C)(C)c1nc(CSc2nnc(C3CC3)n2-c2ccccc2)no1. The van der Waals surface area contributed by atoms with E-state index in [-0.39, 0.29) is 5.41 Å². The van der Waals surface area contributed by atoms with E-state index in [4.69, 9.17) is 4.52 Å². The van der Waals surface area contributed by atoms with Crippen molar-refractivity contribution in [1.29, 1.82) is 0 Å². The van der Waals surface area contributed by atoms with Gasteiger partial charge in [-0.3, -0.25) is 4.57 Å². The van der Waals surface area contributed by atoms with Gasteiger partial charge in [0.15, 0.2) is 11.0 Å². The molecule has 0 aliphatic heterocycles. The number of thioether (sulfide) groups is 1. The van der Waals surface area contributed by atoms with E-state index in [2.05, 4.69) is 57.8 Å². The summed E-state index contributed by atoms with van der Waals surface area (Å²) >= 11 is 1.59. The van der Waals surface area contributed by atoms with Crippen LogP contribution in [0.25, 0.3) is 5.69 Å². The smallest absolute Gasteiger partial charge is 0.232 e. The summed E-state index contributed by atoms with van der Waals surface area (Å²) in [6.45, 7) is 6.18. The fourth-order valence-corrected chi connectivity index (χ4v) is 3.35. The average molecular weight is 355 g/mol. The summed E-state index contributed by atoms with van der Waals surface area (Å²) in [5.74, 6) is 3.53. The molecular weight excluding hydrogens is 334 g/mol. The summed E-state index contributed by atoms with van der Waals surface area (Å²) in [5, 5.41) is 13.8. The van der Waals surface area contributed by atoms with Crippen LogP contribution in [0.3, 0.4) is 0 Å². The highest BCUT2D eigenvalue weighted by Gasteiger charge is 2.31. The maximum atomic E-state index is 5.37. The number of aromatic nitrogens is 5. The molecule has 1 saturated carbocycles. The molecule has 7 heteroatoms. The molecule has 1 aromatic carbocycles. The van der Waals surface area contributed by atoms with E-state index in [1.54, 1.807) is 11.8 Å². The lowest BCUT2D eigenvalue weighted by Crippen LogP contribution is -2.11. The Balaban J connectivity index is 1.58. The van der Waals surface area contributed by atoms with Crippen LogP contribution in [0.4, 0.5) is 0 Å². The van der Waals surface area contributed by atoms with Crippen molar-refractivity contribution in [2.24, 2.45) is 0 Å². The largest absolute Gasteiger partial charge is 0.339 e. The first-order chi connectivity index (χ1) is 12.0. The molecule has 0 radical (unpaired) electrons. The zero-order chi connectivity index (χ0) is 17.4. The standard InChI is InChI=1S/C18H21N5OS/c1-18(2,3)16-19-14(22-24-16)11-25-17-21-20-15(12-9-10-12)23(17)13-7-5-4-6-8-13/h4-8,12H,9-11H2,1-3H3. The lowest BCUT2D eigenvalue weighted by atomic mass is 9.97. The molecule has 6 nitrogen and oxygen atoms in total. The molecule has 0 atom stereocenters. The highest BCUT2D eigenvalue weighted by Crippen LogP contribution is 2.41. The van der Waals surface area contributed by atoms with Crippen LogP contribution in [0.1, 0.15) is 57.1 Å². The van der Waals surface area contributed by atoms with Crippen molar-refractivity contribution in [2.45, 2.75) is 55.9 Å². The molecule has 0 N–H and O–H groups in total. The van der Waals surface area contributed by atoms with Crippen LogP contribution < -0.4 is 0 Å². The number of hydrogen-bond acceptors (Lipinski definition) is 6. The highest BCUT2D eigenvalue weighted by molar-refractivity contribution is 7.98. The second-order valence-electron chi connectivity index (χ2n) is 7.34. The summed E-state index contributed by atoms with van der Waals surface area (Å²) in [4.78, 5) is 4.50. The van der Waals surface area contributed by atoms with E-state index < -0.39 is 0 Å². The minimum absolute atomic E-state index is 0.140. The Morgan fingerprint density at radius 2 is 1.92 bits per heavy atom. The van der Waals surface area contributed by atoms with Crippen molar-refractivity contribution in [1.82, 2.24) is 24.9 Å². The van der Waals surface area contributed by atoms with Gasteiger partial charge in [-0.05, 0) is 25.0 Å². The molecule has 0 bridgehead atoms. The fraction of sp³-hybridized carbons (Fsp3) is 0.444. The zero-order valence-electron chi connectivity index (χ0n) is 14.6. The van der Waals surface area contributed by atoms with Gasteiger partial charge in [-0.1, -0.05) is 55.9 Å². The van der Waals surface area contributed by atoms with E-state index in [9.17, 15) is 0 Å². The van der Waals surface area contributed by atoms with Crippen molar-refractivity contribution in [3.63, 3.8) is 0 Å². The first kappa shape index (κ1) is 16.3. The molecule has 2 aromatic heterocycles. The van der Waals surface area contributed by atoms with Gasteiger partial charge in [-0.25, -0.2) is 0 Å². The van der Waals surface area contributed by atoms with Crippen molar-refractivity contribution >= 4 is 11.8 Å². The summed E-state index contributed by atoms with van der Waals surface area (Å²) in [7, 11) is 0. The Morgan fingerprint density at radius 3 is 2.56 bits per heavy atom. The molecule has 1 aliphatic carbocycles. The Hall–Kier alpha value is -2.15. The number of benzene rings is 1. The quantitative estimate of drug-likeness (QED) is 0.641. The predicted octanol–water partition coefficient (Wildman–Crippen LogP) is 4.12. The van der Waals surface area contributed by atoms with E-state index in [0.29, 0.717) is 23.4 Å². The molecule has 2 heterocycles. The summed E-state index contributed by atoms with van der Waals surface area (Å²) in [6.07, 6.45) is 2.38. The van der Waals surface area contributed by atoms with E-state index in [1.807, 2.05) is 18.2 Å². The van der Waals surface area contributed by atoms with Gasteiger partial charge >= 0.3 is 0 Å². The van der Waals surface area contributed by atoms with E-state index in [0.717, 1.165) is 16.7 Å². The molecule has 0 spiro atoms. The van der Waals surface area contributed by atoms with Gasteiger partial charge in [0.25, 0.3) is 0 Å². The topological polar surface area (TPSA) is 69.6 Å². The Bertz CT molecular complexity index is 861. The maximum Gasteiger partial charge on any atom is 0.232 e. The minimum Gasteiger partial charge on any atom is -0.339 e. The van der Waals surface area contributed by atoms with Crippen molar-refractivity contribution < 1.29 is 4.52 Å². The van der Waals surface area contributed by atoms with Crippen LogP contribution in [0.15, 0.2) is 40.0 Å². The van der Waals surface area contributed by atoms with Crippen LogP contribution in [-0.2, 0) is 11.2 Å². The normalized spacial score (nSPS) is 14.8. The van der Waals surface area contributed by atoms with Gasteiger partial charge < -0.3 is 4.52 Å². The predicted molar refractivity (Wildman–Crippen MR) is 95.9 cm³/mol. The van der Waals surface area contributed by atoms with Gasteiger partial charge in [-0.15, -0.1) is 10.2 Å². The van der Waals surface area contributed by atoms with Crippen LogP contribution in [0.5, 0.6) is 0 Å². The van der Waals surface area contributed by atoms with Crippen LogP contribution >= 0.6 is 11.8 Å². The Kier molecular flexibility index (Phi) is 4.11. The number of nitrogens with zero attached hydrogens (tertiary/aromatic N) is 5. The third kappa shape index (κ3) is 3.46. The fourth-order valence-electron chi connectivity index (χ4n) is 2.55. The summed E-state index contributed by atoms with van der Waals surface area (Å²) in [6, 6.07) is 10.3. The molecule has 0 saturated heterocycles.